The van der Waals surface area contributed by atoms with E-state index in [1.807, 2.05) is 0 Å². The molecule has 0 spiro atoms. The van der Waals surface area contributed by atoms with Gasteiger partial charge in [-0.2, -0.15) is 18.2 Å². The van der Waals surface area contributed by atoms with E-state index in [2.05, 4.69) is 5.43 Å². The number of nitrogens with zero attached hydrogens (tertiary/aromatic N) is 1. The number of hydrogen-bond acceptors (Lipinski definition) is 2. The molecule has 1 N–H and O–H groups in total. The van der Waals surface area contributed by atoms with Gasteiger partial charge in [-0.1, -0.05) is 12.1 Å². The Morgan fingerprint density at radius 3 is 2.20 bits per heavy atom. The minimum Gasteiger partial charge on any atom is -0.287 e. The van der Waals surface area contributed by atoms with Crippen molar-refractivity contribution in [1.29, 1.82) is 0 Å². The standard InChI is InChI=1S/C13H14F4N2O/c1-12(2)7-10(20)18-19(12)11(13(15,16)17)8-3-5-9(14)6-4-8/h3-6,11H,7H2,1-2H3,(H,18,20)/t11-/m0/s1. The molecule has 1 aromatic rings. The topological polar surface area (TPSA) is 32.3 Å². The molecule has 0 unspecified atom stereocenters. The fourth-order valence-electron chi connectivity index (χ4n) is 2.35. The van der Waals surface area contributed by atoms with Gasteiger partial charge in [0.05, 0.1) is 0 Å². The van der Waals surface area contributed by atoms with Gasteiger partial charge in [-0.25, -0.2) is 4.39 Å². The van der Waals surface area contributed by atoms with Crippen molar-refractivity contribution in [2.75, 3.05) is 0 Å². The molecule has 3 nitrogen and oxygen atoms in total. The maximum atomic E-state index is 13.3. The van der Waals surface area contributed by atoms with Crippen LogP contribution in [0.5, 0.6) is 0 Å². The van der Waals surface area contributed by atoms with Gasteiger partial charge in [-0.05, 0) is 31.5 Å². The van der Waals surface area contributed by atoms with Gasteiger partial charge in [0.1, 0.15) is 5.82 Å². The highest BCUT2D eigenvalue weighted by atomic mass is 19.4. The van der Waals surface area contributed by atoms with E-state index in [4.69, 9.17) is 0 Å². The molecular formula is C13H14F4N2O. The van der Waals surface area contributed by atoms with Crippen LogP contribution < -0.4 is 5.43 Å². The summed E-state index contributed by atoms with van der Waals surface area (Å²) in [4.78, 5) is 11.4. The van der Waals surface area contributed by atoms with Gasteiger partial charge < -0.3 is 0 Å². The number of amides is 1. The number of nitrogens with one attached hydrogen (secondary N) is 1. The minimum atomic E-state index is -4.59. The third-order valence-electron chi connectivity index (χ3n) is 3.24. The Balaban J connectivity index is 2.44. The molecule has 0 bridgehead atoms. The van der Waals surface area contributed by atoms with Gasteiger partial charge in [0, 0.05) is 12.0 Å². The summed E-state index contributed by atoms with van der Waals surface area (Å²) in [6.45, 7) is 3.10. The molecule has 1 fully saturated rings. The number of hydrogen-bond donors (Lipinski definition) is 1. The Morgan fingerprint density at radius 2 is 1.80 bits per heavy atom. The maximum Gasteiger partial charge on any atom is 0.409 e. The lowest BCUT2D eigenvalue weighted by atomic mass is 9.97. The van der Waals surface area contributed by atoms with E-state index in [0.29, 0.717) is 0 Å². The average molecular weight is 290 g/mol. The highest BCUT2D eigenvalue weighted by molar-refractivity contribution is 5.79. The molecule has 20 heavy (non-hydrogen) atoms. The fraction of sp³-hybridized carbons (Fsp3) is 0.462. The SMILES string of the molecule is CC1(C)CC(=O)NN1[C@@H](c1ccc(F)cc1)C(F)(F)F. The van der Waals surface area contributed by atoms with Crippen molar-refractivity contribution in [1.82, 2.24) is 10.4 Å². The van der Waals surface area contributed by atoms with Crippen LogP contribution in [0.3, 0.4) is 0 Å². The summed E-state index contributed by atoms with van der Waals surface area (Å²) in [5.41, 5.74) is 1.15. The normalized spacial score (nSPS) is 20.8. The molecule has 1 atom stereocenters. The van der Waals surface area contributed by atoms with Crippen molar-refractivity contribution in [3.63, 3.8) is 0 Å². The van der Waals surface area contributed by atoms with Gasteiger partial charge >= 0.3 is 6.18 Å². The Kier molecular flexibility index (Phi) is 3.49. The molecule has 1 saturated heterocycles. The molecule has 0 aromatic heterocycles. The van der Waals surface area contributed by atoms with Crippen LogP contribution in [0, 0.1) is 5.82 Å². The molecule has 1 aromatic carbocycles. The molecule has 2 rings (SSSR count). The number of halogens is 4. The quantitative estimate of drug-likeness (QED) is 0.849. The summed E-state index contributed by atoms with van der Waals surface area (Å²) in [5, 5.41) is 0.891. The zero-order valence-corrected chi connectivity index (χ0v) is 11.0. The molecule has 110 valence electrons. The lowest BCUT2D eigenvalue weighted by Gasteiger charge is -2.37. The second-order valence-electron chi connectivity index (χ2n) is 5.39. The van der Waals surface area contributed by atoms with Crippen molar-refractivity contribution in [2.24, 2.45) is 0 Å². The van der Waals surface area contributed by atoms with Crippen molar-refractivity contribution >= 4 is 5.91 Å². The first-order valence-electron chi connectivity index (χ1n) is 6.02. The number of alkyl halides is 3. The number of carbonyl (C=O) groups excluding carboxylic acids is 1. The lowest BCUT2D eigenvalue weighted by Crippen LogP contribution is -2.51. The van der Waals surface area contributed by atoms with E-state index < -0.39 is 29.5 Å². The predicted octanol–water partition coefficient (Wildman–Crippen LogP) is 2.94. The molecule has 1 amide bonds. The molecule has 1 heterocycles. The summed E-state index contributed by atoms with van der Waals surface area (Å²) in [6, 6.07) is 2.09. The van der Waals surface area contributed by atoms with Gasteiger partial charge in [0.2, 0.25) is 5.91 Å². The van der Waals surface area contributed by atoms with Crippen molar-refractivity contribution in [2.45, 2.75) is 38.0 Å². The highest BCUT2D eigenvalue weighted by Crippen LogP contribution is 2.42. The third kappa shape index (κ3) is 2.77. The number of hydrazine groups is 1. The zero-order chi connectivity index (χ0) is 15.1. The van der Waals surface area contributed by atoms with Gasteiger partial charge in [0.15, 0.2) is 6.04 Å². The fourth-order valence-corrected chi connectivity index (χ4v) is 2.35. The first kappa shape index (κ1) is 14.8. The summed E-state index contributed by atoms with van der Waals surface area (Å²) in [6.07, 6.45) is -4.62. The summed E-state index contributed by atoms with van der Waals surface area (Å²) in [7, 11) is 0. The van der Waals surface area contributed by atoms with Crippen LogP contribution in [0.2, 0.25) is 0 Å². The van der Waals surface area contributed by atoms with Crippen molar-refractivity contribution in [3.05, 3.63) is 35.6 Å². The van der Waals surface area contributed by atoms with Crippen LogP contribution in [0.25, 0.3) is 0 Å². The van der Waals surface area contributed by atoms with Gasteiger partial charge in [-0.3, -0.25) is 10.2 Å². The number of benzene rings is 1. The molecule has 1 aliphatic rings. The Bertz CT molecular complexity index is 510. The van der Waals surface area contributed by atoms with Crippen LogP contribution in [0.15, 0.2) is 24.3 Å². The molecule has 7 heteroatoms. The van der Waals surface area contributed by atoms with E-state index in [-0.39, 0.29) is 12.0 Å². The second-order valence-corrected chi connectivity index (χ2v) is 5.39. The second kappa shape index (κ2) is 4.73. The summed E-state index contributed by atoms with van der Waals surface area (Å²) >= 11 is 0. The summed E-state index contributed by atoms with van der Waals surface area (Å²) < 4.78 is 52.9. The highest BCUT2D eigenvalue weighted by Gasteiger charge is 2.52. The Morgan fingerprint density at radius 1 is 1.25 bits per heavy atom. The Hall–Kier alpha value is -1.63. The zero-order valence-electron chi connectivity index (χ0n) is 11.0. The number of carbonyl (C=O) groups is 1. The third-order valence-corrected chi connectivity index (χ3v) is 3.24. The van der Waals surface area contributed by atoms with Crippen LogP contribution in [-0.4, -0.2) is 22.6 Å². The maximum absolute atomic E-state index is 13.3. The number of rotatable bonds is 2. The smallest absolute Gasteiger partial charge is 0.287 e. The molecule has 0 saturated carbocycles. The Labute approximate surface area is 113 Å². The van der Waals surface area contributed by atoms with Gasteiger partial charge in [0.25, 0.3) is 0 Å². The van der Waals surface area contributed by atoms with Crippen LogP contribution in [0.1, 0.15) is 31.9 Å². The molecular weight excluding hydrogens is 276 g/mol. The first-order valence-corrected chi connectivity index (χ1v) is 6.02. The van der Waals surface area contributed by atoms with Crippen LogP contribution in [0.4, 0.5) is 17.6 Å². The summed E-state index contributed by atoms with van der Waals surface area (Å²) in [5.74, 6) is -1.08. The van der Waals surface area contributed by atoms with E-state index in [0.717, 1.165) is 29.3 Å². The largest absolute Gasteiger partial charge is 0.409 e. The minimum absolute atomic E-state index is 0.0270. The van der Waals surface area contributed by atoms with E-state index in [1.54, 1.807) is 13.8 Å². The van der Waals surface area contributed by atoms with Crippen molar-refractivity contribution in [3.8, 4) is 0 Å². The van der Waals surface area contributed by atoms with Crippen LogP contribution in [-0.2, 0) is 4.79 Å². The van der Waals surface area contributed by atoms with E-state index in [9.17, 15) is 22.4 Å². The van der Waals surface area contributed by atoms with E-state index >= 15 is 0 Å². The molecule has 0 radical (unpaired) electrons. The lowest BCUT2D eigenvalue weighted by molar-refractivity contribution is -0.203. The van der Waals surface area contributed by atoms with Gasteiger partial charge in [-0.15, -0.1) is 0 Å². The molecule has 1 aliphatic heterocycles. The average Bonchev–Trinajstić information content (AvgIpc) is 2.53. The van der Waals surface area contributed by atoms with E-state index in [1.165, 1.54) is 0 Å². The molecule has 0 aliphatic carbocycles. The monoisotopic (exact) mass is 290 g/mol. The van der Waals surface area contributed by atoms with Crippen LogP contribution >= 0.6 is 0 Å². The predicted molar refractivity (Wildman–Crippen MR) is 63.9 cm³/mol. The van der Waals surface area contributed by atoms with Crippen molar-refractivity contribution < 1.29 is 22.4 Å². The first-order chi connectivity index (χ1) is 9.11.